The molecule has 0 aromatic carbocycles. The van der Waals surface area contributed by atoms with Crippen molar-refractivity contribution in [2.45, 2.75) is 77.3 Å². The highest BCUT2D eigenvalue weighted by atomic mass is 32.2. The van der Waals surface area contributed by atoms with Gasteiger partial charge in [-0.15, -0.1) is 6.58 Å². The van der Waals surface area contributed by atoms with Crippen molar-refractivity contribution in [2.24, 2.45) is 10.9 Å². The smallest absolute Gasteiger partial charge is 0.265 e. The van der Waals surface area contributed by atoms with E-state index in [2.05, 4.69) is 74.3 Å². The van der Waals surface area contributed by atoms with Crippen LogP contribution in [0, 0.1) is 5.92 Å². The zero-order valence-corrected chi connectivity index (χ0v) is 22.1. The van der Waals surface area contributed by atoms with Gasteiger partial charge in [-0.2, -0.15) is 0 Å². The second-order valence-corrected chi connectivity index (χ2v) is 11.7. The van der Waals surface area contributed by atoms with Gasteiger partial charge in [0.15, 0.2) is 0 Å². The van der Waals surface area contributed by atoms with Gasteiger partial charge in [-0.25, -0.2) is 9.98 Å². The predicted octanol–water partition coefficient (Wildman–Crippen LogP) is 5.75. The first-order valence-electron chi connectivity index (χ1n) is 12.0. The summed E-state index contributed by atoms with van der Waals surface area (Å²) >= 11 is 1.14. The maximum Gasteiger partial charge on any atom is 0.265 e. The van der Waals surface area contributed by atoms with Crippen LogP contribution in [0.3, 0.4) is 0 Å². The first-order chi connectivity index (χ1) is 15.9. The molecule has 34 heavy (non-hydrogen) atoms. The number of aliphatic imine (C=N–C) groups is 1. The third kappa shape index (κ3) is 6.12. The Morgan fingerprint density at radius 3 is 2.65 bits per heavy atom. The molecular formula is C27H39N5OS. The lowest BCUT2D eigenvalue weighted by Crippen LogP contribution is -2.40. The zero-order chi connectivity index (χ0) is 25.1. The summed E-state index contributed by atoms with van der Waals surface area (Å²) in [5.41, 5.74) is 1.33. The van der Waals surface area contributed by atoms with E-state index in [-0.39, 0.29) is 22.9 Å². The molecule has 3 rings (SSSR count). The van der Waals surface area contributed by atoms with Crippen LogP contribution in [0.4, 0.5) is 5.82 Å². The molecular weight excluding hydrogens is 442 g/mol. The zero-order valence-electron chi connectivity index (χ0n) is 21.3. The van der Waals surface area contributed by atoms with Crippen LogP contribution in [0.2, 0.25) is 0 Å². The van der Waals surface area contributed by atoms with Crippen molar-refractivity contribution in [3.05, 3.63) is 61.1 Å². The molecule has 1 amide bonds. The molecule has 0 saturated carbocycles. The van der Waals surface area contributed by atoms with E-state index in [0.29, 0.717) is 22.3 Å². The van der Waals surface area contributed by atoms with Crippen LogP contribution in [0.15, 0.2) is 54.8 Å². The Labute approximate surface area is 209 Å². The molecule has 184 valence electrons. The summed E-state index contributed by atoms with van der Waals surface area (Å²) in [6, 6.07) is 4.08. The van der Waals surface area contributed by atoms with Gasteiger partial charge in [-0.05, 0) is 63.7 Å². The van der Waals surface area contributed by atoms with Crippen LogP contribution in [0.5, 0.6) is 0 Å². The second-order valence-electron chi connectivity index (χ2n) is 10.9. The average molecular weight is 482 g/mol. The molecule has 2 N–H and O–H groups in total. The van der Waals surface area contributed by atoms with E-state index in [0.717, 1.165) is 55.7 Å². The van der Waals surface area contributed by atoms with Gasteiger partial charge in [0.25, 0.3) is 5.91 Å². The molecule has 0 aliphatic carbocycles. The number of carbonyl (C=O) groups excluding carboxylic acids is 1. The fourth-order valence-corrected chi connectivity index (χ4v) is 5.30. The summed E-state index contributed by atoms with van der Waals surface area (Å²) in [5.74, 6) is 1.62. The first kappa shape index (κ1) is 26.1. The van der Waals surface area contributed by atoms with Gasteiger partial charge in [-0.1, -0.05) is 40.0 Å². The third-order valence-electron chi connectivity index (χ3n) is 6.52. The van der Waals surface area contributed by atoms with Crippen LogP contribution >= 0.6 is 11.9 Å². The van der Waals surface area contributed by atoms with E-state index in [4.69, 9.17) is 4.98 Å². The number of pyridine rings is 1. The fraction of sp³-hybridized carbons (Fsp3) is 0.519. The molecule has 7 heteroatoms. The Morgan fingerprint density at radius 2 is 2.00 bits per heavy atom. The highest BCUT2D eigenvalue weighted by Gasteiger charge is 2.41. The Balaban J connectivity index is 2.06. The molecule has 0 radical (unpaired) electrons. The van der Waals surface area contributed by atoms with Crippen molar-refractivity contribution in [2.75, 3.05) is 11.4 Å². The van der Waals surface area contributed by atoms with Gasteiger partial charge in [0.2, 0.25) is 0 Å². The van der Waals surface area contributed by atoms with Crippen molar-refractivity contribution in [1.82, 2.24) is 15.0 Å². The number of rotatable bonds is 3. The molecule has 1 saturated heterocycles. The number of nitrogens with one attached hydrogen (secondary N) is 2. The molecule has 0 spiro atoms. The lowest BCUT2D eigenvalue weighted by Gasteiger charge is -2.34. The average Bonchev–Trinajstić information content (AvgIpc) is 3.07. The normalized spacial score (nSPS) is 25.1. The number of hydrogen-bond donors (Lipinski definition) is 2. The standard InChI is InChI=1S/C27H39N5OS/c1-9-11-20-13-12-19-16-27(7,8)32(17-19)24-21(14-15-22(30-24)26(4,5)6)25(33)31-34-23(10-2)29-18(3)28-20/h9-10,14-15,19-20,28H,1-3,11-13,16-17H2,4-8H3,(H,31,33)/b29-23+. The number of anilines is 1. The van der Waals surface area contributed by atoms with E-state index < -0.39 is 0 Å². The molecule has 2 unspecified atom stereocenters. The number of aromatic nitrogens is 1. The lowest BCUT2D eigenvalue weighted by molar-refractivity contribution is 0.0984. The van der Waals surface area contributed by atoms with E-state index in [1.54, 1.807) is 6.08 Å². The summed E-state index contributed by atoms with van der Waals surface area (Å²) in [4.78, 5) is 25.3. The SMILES string of the molecule is C=CCC1CCC2CN(c3nc(C(C)(C)C)ccc3C(=O)NS/C(C=C)=N/C(=C)N1)C(C)(C)C2. The fourth-order valence-electron chi connectivity index (χ4n) is 4.75. The topological polar surface area (TPSA) is 69.6 Å². The van der Waals surface area contributed by atoms with Crippen LogP contribution in [-0.2, 0) is 5.41 Å². The molecule has 2 aliphatic heterocycles. The van der Waals surface area contributed by atoms with Crippen LogP contribution in [-0.4, -0.2) is 34.1 Å². The Morgan fingerprint density at radius 1 is 1.26 bits per heavy atom. The largest absolute Gasteiger partial charge is 0.367 e. The molecule has 1 aromatic heterocycles. The molecule has 2 bridgehead atoms. The summed E-state index contributed by atoms with van der Waals surface area (Å²) in [6.07, 6.45) is 7.49. The molecule has 3 heterocycles. The molecule has 1 fully saturated rings. The Kier molecular flexibility index (Phi) is 7.96. The van der Waals surface area contributed by atoms with Crippen molar-refractivity contribution >= 4 is 28.7 Å². The van der Waals surface area contributed by atoms with Crippen LogP contribution in [0.1, 0.15) is 76.4 Å². The number of hydrogen-bond acceptors (Lipinski definition) is 6. The van der Waals surface area contributed by atoms with E-state index in [9.17, 15) is 4.79 Å². The van der Waals surface area contributed by atoms with E-state index >= 15 is 0 Å². The molecule has 1 aromatic rings. The Hall–Kier alpha value is -2.54. The lowest BCUT2D eigenvalue weighted by atomic mass is 9.90. The van der Waals surface area contributed by atoms with Gasteiger partial charge in [0.05, 0.1) is 5.56 Å². The van der Waals surface area contributed by atoms with Gasteiger partial charge in [-0.3, -0.25) is 9.52 Å². The highest BCUT2D eigenvalue weighted by molar-refractivity contribution is 8.13. The van der Waals surface area contributed by atoms with Crippen molar-refractivity contribution in [1.29, 1.82) is 0 Å². The van der Waals surface area contributed by atoms with Crippen LogP contribution < -0.4 is 14.9 Å². The Bertz CT molecular complexity index is 991. The molecule has 6 nitrogen and oxygen atoms in total. The number of fused-ring (bicyclic) bond motifs is 4. The number of carbonyl (C=O) groups is 1. The minimum atomic E-state index is -0.195. The second kappa shape index (κ2) is 10.4. The minimum Gasteiger partial charge on any atom is -0.367 e. The third-order valence-corrected chi connectivity index (χ3v) is 7.27. The quantitative estimate of drug-likeness (QED) is 0.425. The summed E-state index contributed by atoms with van der Waals surface area (Å²) in [5, 5.41) is 4.00. The van der Waals surface area contributed by atoms with Crippen molar-refractivity contribution in [3.8, 4) is 0 Å². The highest BCUT2D eigenvalue weighted by Crippen LogP contribution is 2.40. The predicted molar refractivity (Wildman–Crippen MR) is 145 cm³/mol. The maximum atomic E-state index is 13.3. The van der Waals surface area contributed by atoms with Crippen LogP contribution in [0.25, 0.3) is 0 Å². The number of amides is 1. The minimum absolute atomic E-state index is 0.105. The van der Waals surface area contributed by atoms with Gasteiger partial charge < -0.3 is 10.2 Å². The molecule has 2 aliphatic rings. The van der Waals surface area contributed by atoms with Crippen molar-refractivity contribution in [3.63, 3.8) is 0 Å². The van der Waals surface area contributed by atoms with Gasteiger partial charge >= 0.3 is 0 Å². The maximum absolute atomic E-state index is 13.3. The van der Waals surface area contributed by atoms with Gasteiger partial charge in [0.1, 0.15) is 16.7 Å². The van der Waals surface area contributed by atoms with E-state index in [1.165, 1.54) is 0 Å². The van der Waals surface area contributed by atoms with Gasteiger partial charge in [0, 0.05) is 41.2 Å². The summed E-state index contributed by atoms with van der Waals surface area (Å²) in [6.45, 7) is 23.6. The summed E-state index contributed by atoms with van der Waals surface area (Å²) in [7, 11) is 0. The molecule has 2 atom stereocenters. The van der Waals surface area contributed by atoms with Crippen molar-refractivity contribution < 1.29 is 4.79 Å². The van der Waals surface area contributed by atoms with E-state index in [1.807, 2.05) is 18.2 Å². The monoisotopic (exact) mass is 481 g/mol. The first-order valence-corrected chi connectivity index (χ1v) is 12.8. The number of nitrogens with zero attached hydrogens (tertiary/aromatic N) is 3. The summed E-state index contributed by atoms with van der Waals surface area (Å²) < 4.78 is 2.93.